The molecule has 2 N–H and O–H groups in total. The number of aromatic hydroxyl groups is 1. The Bertz CT molecular complexity index is 1290. The highest BCUT2D eigenvalue weighted by molar-refractivity contribution is 5.88. The zero-order valence-corrected chi connectivity index (χ0v) is 16.5. The molecule has 0 bridgehead atoms. The predicted molar refractivity (Wildman–Crippen MR) is 112 cm³/mol. The van der Waals surface area contributed by atoms with Gasteiger partial charge in [-0.15, -0.1) is 13.2 Å². The van der Waals surface area contributed by atoms with Crippen molar-refractivity contribution in [3.05, 3.63) is 93.6 Å². The summed E-state index contributed by atoms with van der Waals surface area (Å²) in [6.07, 6.45) is -4.17. The fourth-order valence-electron chi connectivity index (χ4n) is 3.53. The van der Waals surface area contributed by atoms with Gasteiger partial charge in [0.2, 0.25) is 0 Å². The lowest BCUT2D eigenvalue weighted by Gasteiger charge is -2.11. The maximum absolute atomic E-state index is 12.7. The number of pyridine rings is 1. The Balaban J connectivity index is 1.58. The van der Waals surface area contributed by atoms with E-state index in [0.29, 0.717) is 23.2 Å². The molecular formula is C24H18F3NO3. The van der Waals surface area contributed by atoms with Gasteiger partial charge in [0.25, 0.3) is 0 Å². The Morgan fingerprint density at radius 3 is 2.16 bits per heavy atom. The van der Waals surface area contributed by atoms with Gasteiger partial charge < -0.3 is 14.8 Å². The highest BCUT2D eigenvalue weighted by Gasteiger charge is 2.30. The minimum absolute atomic E-state index is 0.0598. The topological polar surface area (TPSA) is 62.3 Å². The van der Waals surface area contributed by atoms with Gasteiger partial charge in [0.1, 0.15) is 11.5 Å². The molecule has 1 heterocycles. The number of rotatable bonds is 4. The van der Waals surface area contributed by atoms with E-state index in [1.54, 1.807) is 31.2 Å². The molecule has 0 aliphatic carbocycles. The van der Waals surface area contributed by atoms with Crippen LogP contribution in [0.2, 0.25) is 0 Å². The number of alkyl halides is 3. The minimum Gasteiger partial charge on any atom is -0.507 e. The number of hydrogen-bond donors (Lipinski definition) is 2. The molecule has 7 heteroatoms. The number of ether oxygens (including phenoxy) is 1. The molecule has 1 aromatic heterocycles. The maximum Gasteiger partial charge on any atom is 0.573 e. The van der Waals surface area contributed by atoms with Crippen molar-refractivity contribution in [1.29, 1.82) is 0 Å². The van der Waals surface area contributed by atoms with Crippen LogP contribution in [0.25, 0.3) is 22.2 Å². The average Bonchev–Trinajstić information content (AvgIpc) is 2.72. The molecular weight excluding hydrogens is 407 g/mol. The molecule has 0 saturated carbocycles. The average molecular weight is 425 g/mol. The molecule has 0 amide bonds. The Hall–Kier alpha value is -3.74. The summed E-state index contributed by atoms with van der Waals surface area (Å²) in [4.78, 5) is 15.9. The van der Waals surface area contributed by atoms with Crippen molar-refractivity contribution < 1.29 is 23.0 Å². The number of nitrogens with one attached hydrogen (secondary N) is 1. The molecule has 0 aliphatic heterocycles. The maximum atomic E-state index is 12.7. The van der Waals surface area contributed by atoms with Crippen LogP contribution in [0.5, 0.6) is 11.5 Å². The zero-order chi connectivity index (χ0) is 22.2. The molecule has 4 rings (SSSR count). The van der Waals surface area contributed by atoms with Crippen molar-refractivity contribution in [2.24, 2.45) is 0 Å². The third-order valence-corrected chi connectivity index (χ3v) is 5.05. The van der Waals surface area contributed by atoms with Crippen molar-refractivity contribution in [3.8, 4) is 22.8 Å². The Morgan fingerprint density at radius 1 is 0.935 bits per heavy atom. The lowest BCUT2D eigenvalue weighted by Crippen LogP contribution is -2.17. The molecule has 0 spiro atoms. The summed E-state index contributed by atoms with van der Waals surface area (Å²) >= 11 is 0. The minimum atomic E-state index is -4.71. The van der Waals surface area contributed by atoms with Gasteiger partial charge in [-0.25, -0.2) is 0 Å². The summed E-state index contributed by atoms with van der Waals surface area (Å²) in [5, 5.41) is 10.3. The van der Waals surface area contributed by atoms with Crippen LogP contribution in [0.4, 0.5) is 13.2 Å². The first-order valence-corrected chi connectivity index (χ1v) is 9.50. The Kier molecular flexibility index (Phi) is 5.19. The van der Waals surface area contributed by atoms with Crippen LogP contribution in [0.3, 0.4) is 0 Å². The first-order chi connectivity index (χ1) is 14.7. The highest BCUT2D eigenvalue weighted by Crippen LogP contribution is 2.27. The highest BCUT2D eigenvalue weighted by atomic mass is 19.4. The first kappa shape index (κ1) is 20.5. The van der Waals surface area contributed by atoms with Crippen molar-refractivity contribution in [2.45, 2.75) is 19.7 Å². The van der Waals surface area contributed by atoms with Gasteiger partial charge in [-0.3, -0.25) is 4.79 Å². The Morgan fingerprint density at radius 2 is 1.55 bits per heavy atom. The fraction of sp³-hybridized carbons (Fsp3) is 0.125. The van der Waals surface area contributed by atoms with Crippen LogP contribution in [0, 0.1) is 6.92 Å². The summed E-state index contributed by atoms with van der Waals surface area (Å²) in [7, 11) is 0. The van der Waals surface area contributed by atoms with Gasteiger partial charge in [-0.1, -0.05) is 42.5 Å². The van der Waals surface area contributed by atoms with E-state index in [-0.39, 0.29) is 22.3 Å². The molecule has 0 saturated heterocycles. The van der Waals surface area contributed by atoms with E-state index < -0.39 is 6.36 Å². The van der Waals surface area contributed by atoms with Crippen LogP contribution in [-0.4, -0.2) is 16.5 Å². The number of benzene rings is 3. The van der Waals surface area contributed by atoms with Gasteiger partial charge >= 0.3 is 6.36 Å². The number of hydrogen-bond acceptors (Lipinski definition) is 3. The van der Waals surface area contributed by atoms with E-state index in [9.17, 15) is 23.1 Å². The molecule has 0 fully saturated rings. The molecule has 4 nitrogen and oxygen atoms in total. The van der Waals surface area contributed by atoms with E-state index in [1.807, 2.05) is 24.3 Å². The molecule has 0 unspecified atom stereocenters. The molecule has 0 radical (unpaired) electrons. The zero-order valence-electron chi connectivity index (χ0n) is 16.5. The van der Waals surface area contributed by atoms with Gasteiger partial charge in [-0.2, -0.15) is 0 Å². The van der Waals surface area contributed by atoms with E-state index in [1.165, 1.54) is 18.2 Å². The van der Waals surface area contributed by atoms with Crippen LogP contribution >= 0.6 is 0 Å². The first-order valence-electron chi connectivity index (χ1n) is 9.50. The Labute approximate surface area is 175 Å². The predicted octanol–water partition coefficient (Wildman–Crippen LogP) is 5.70. The van der Waals surface area contributed by atoms with Crippen LogP contribution in [-0.2, 0) is 6.42 Å². The standard InChI is InChI=1S/C24H18F3NO3/c1-14-22(28-19-3-2-4-20(29)21(19)23(14)30)17-9-5-15(6-10-17)13-16-7-11-18(12-8-16)31-24(25,26)27/h2-12,29H,13H2,1H3,(H,28,30). The quantitative estimate of drug-likeness (QED) is 0.441. The number of fused-ring (bicyclic) bond motifs is 1. The third-order valence-electron chi connectivity index (χ3n) is 5.05. The SMILES string of the molecule is Cc1c(-c2ccc(Cc3ccc(OC(F)(F)F)cc3)cc2)[nH]c2cccc(O)c2c1=O. The van der Waals surface area contributed by atoms with E-state index in [2.05, 4.69) is 9.72 Å². The second-order valence-corrected chi connectivity index (χ2v) is 7.22. The van der Waals surface area contributed by atoms with Crippen LogP contribution < -0.4 is 10.2 Å². The second-order valence-electron chi connectivity index (χ2n) is 7.22. The fourth-order valence-corrected chi connectivity index (χ4v) is 3.53. The normalized spacial score (nSPS) is 11.6. The van der Waals surface area contributed by atoms with E-state index >= 15 is 0 Å². The smallest absolute Gasteiger partial charge is 0.507 e. The lowest BCUT2D eigenvalue weighted by molar-refractivity contribution is -0.274. The number of phenols is 1. The van der Waals surface area contributed by atoms with Crippen molar-refractivity contribution >= 4 is 10.9 Å². The molecule has 31 heavy (non-hydrogen) atoms. The number of halogens is 3. The van der Waals surface area contributed by atoms with Crippen molar-refractivity contribution in [2.75, 3.05) is 0 Å². The summed E-state index contributed by atoms with van der Waals surface area (Å²) in [5.74, 6) is -0.316. The number of aromatic amines is 1. The summed E-state index contributed by atoms with van der Waals surface area (Å²) in [6.45, 7) is 1.71. The van der Waals surface area contributed by atoms with Gasteiger partial charge in [-0.05, 0) is 54.3 Å². The van der Waals surface area contributed by atoms with Crippen LogP contribution in [0.15, 0.2) is 71.5 Å². The van der Waals surface area contributed by atoms with Crippen molar-refractivity contribution in [1.82, 2.24) is 4.98 Å². The largest absolute Gasteiger partial charge is 0.573 e. The molecule has 3 aromatic carbocycles. The number of aromatic nitrogens is 1. The van der Waals surface area contributed by atoms with Gasteiger partial charge in [0, 0.05) is 5.56 Å². The summed E-state index contributed by atoms with van der Waals surface area (Å²) in [5.41, 5.74) is 4.12. The lowest BCUT2D eigenvalue weighted by atomic mass is 9.99. The molecule has 158 valence electrons. The summed E-state index contributed by atoms with van der Waals surface area (Å²) < 4.78 is 40.7. The molecule has 0 aliphatic rings. The molecule has 0 atom stereocenters. The van der Waals surface area contributed by atoms with E-state index in [0.717, 1.165) is 16.7 Å². The second kappa shape index (κ2) is 7.83. The number of phenolic OH excluding ortho intramolecular Hbond substituents is 1. The van der Waals surface area contributed by atoms with Gasteiger partial charge in [0.15, 0.2) is 5.43 Å². The molecule has 4 aromatic rings. The number of H-pyrrole nitrogens is 1. The third kappa shape index (κ3) is 4.40. The summed E-state index contributed by atoms with van der Waals surface area (Å²) in [6, 6.07) is 18.2. The monoisotopic (exact) mass is 425 g/mol. The van der Waals surface area contributed by atoms with E-state index in [4.69, 9.17) is 0 Å². The van der Waals surface area contributed by atoms with Crippen molar-refractivity contribution in [3.63, 3.8) is 0 Å². The van der Waals surface area contributed by atoms with Crippen LogP contribution in [0.1, 0.15) is 16.7 Å². The van der Waals surface area contributed by atoms with Gasteiger partial charge in [0.05, 0.1) is 16.6 Å².